The lowest BCUT2D eigenvalue weighted by Gasteiger charge is -2.31. The van der Waals surface area contributed by atoms with Gasteiger partial charge in [-0.2, -0.15) is 0 Å². The standard InChI is InChI=1S/C15H26N2OS/c1-4-16-10-15-9-13(12(2)19-15)11-17(3)14-5-7-18-8-6-14/h9,14,16H,4-8,10-11H2,1-3H3. The van der Waals surface area contributed by atoms with Crippen molar-refractivity contribution in [3.8, 4) is 0 Å². The molecule has 19 heavy (non-hydrogen) atoms. The van der Waals surface area contributed by atoms with Gasteiger partial charge in [-0.05, 0) is 45.0 Å². The molecule has 0 amide bonds. The van der Waals surface area contributed by atoms with Crippen LogP contribution in [0.25, 0.3) is 0 Å². The molecule has 0 radical (unpaired) electrons. The van der Waals surface area contributed by atoms with Gasteiger partial charge in [0.1, 0.15) is 0 Å². The van der Waals surface area contributed by atoms with Crippen molar-refractivity contribution in [2.75, 3.05) is 26.8 Å². The van der Waals surface area contributed by atoms with Crippen LogP contribution in [0.1, 0.15) is 35.1 Å². The molecule has 1 aliphatic rings. The zero-order valence-electron chi connectivity index (χ0n) is 12.4. The van der Waals surface area contributed by atoms with E-state index in [1.807, 2.05) is 11.3 Å². The summed E-state index contributed by atoms with van der Waals surface area (Å²) in [7, 11) is 2.25. The van der Waals surface area contributed by atoms with Gasteiger partial charge in [-0.1, -0.05) is 6.92 Å². The van der Waals surface area contributed by atoms with Gasteiger partial charge in [-0.15, -0.1) is 11.3 Å². The first-order chi connectivity index (χ1) is 9.20. The number of hydrogen-bond donors (Lipinski definition) is 1. The minimum atomic E-state index is 0.685. The highest BCUT2D eigenvalue weighted by Gasteiger charge is 2.19. The first-order valence-corrected chi connectivity index (χ1v) is 8.09. The maximum absolute atomic E-state index is 5.44. The zero-order chi connectivity index (χ0) is 13.7. The van der Waals surface area contributed by atoms with Crippen molar-refractivity contribution < 1.29 is 4.74 Å². The van der Waals surface area contributed by atoms with Gasteiger partial charge in [0.05, 0.1) is 0 Å². The summed E-state index contributed by atoms with van der Waals surface area (Å²) in [5, 5.41) is 3.40. The summed E-state index contributed by atoms with van der Waals surface area (Å²) in [6.07, 6.45) is 2.34. The van der Waals surface area contributed by atoms with Gasteiger partial charge in [-0.3, -0.25) is 4.90 Å². The Morgan fingerprint density at radius 3 is 2.84 bits per heavy atom. The third-order valence-corrected chi connectivity index (χ3v) is 4.95. The second-order valence-corrected chi connectivity index (χ2v) is 6.67. The van der Waals surface area contributed by atoms with E-state index in [2.05, 4.69) is 37.2 Å². The SMILES string of the molecule is CCNCc1cc(CN(C)C2CCOCC2)c(C)s1. The quantitative estimate of drug-likeness (QED) is 0.868. The van der Waals surface area contributed by atoms with Crippen molar-refractivity contribution in [2.24, 2.45) is 0 Å². The lowest BCUT2D eigenvalue weighted by atomic mass is 10.1. The highest BCUT2D eigenvalue weighted by molar-refractivity contribution is 7.12. The van der Waals surface area contributed by atoms with Crippen LogP contribution in [0.3, 0.4) is 0 Å². The molecular formula is C15H26N2OS. The number of nitrogens with one attached hydrogen (secondary N) is 1. The van der Waals surface area contributed by atoms with Gasteiger partial charge in [0, 0.05) is 42.1 Å². The van der Waals surface area contributed by atoms with Crippen LogP contribution in [-0.4, -0.2) is 37.7 Å². The normalized spacial score (nSPS) is 17.3. The van der Waals surface area contributed by atoms with Gasteiger partial charge < -0.3 is 10.1 Å². The lowest BCUT2D eigenvalue weighted by Crippen LogP contribution is -2.36. The Morgan fingerprint density at radius 1 is 1.42 bits per heavy atom. The highest BCUT2D eigenvalue weighted by atomic mass is 32.1. The zero-order valence-corrected chi connectivity index (χ0v) is 13.2. The maximum atomic E-state index is 5.44. The summed E-state index contributed by atoms with van der Waals surface area (Å²) >= 11 is 1.93. The van der Waals surface area contributed by atoms with Crippen LogP contribution < -0.4 is 5.32 Å². The van der Waals surface area contributed by atoms with E-state index in [1.54, 1.807) is 0 Å². The summed E-state index contributed by atoms with van der Waals surface area (Å²) in [6, 6.07) is 3.06. The minimum absolute atomic E-state index is 0.685. The van der Waals surface area contributed by atoms with Crippen molar-refractivity contribution in [1.29, 1.82) is 0 Å². The lowest BCUT2D eigenvalue weighted by molar-refractivity contribution is 0.0407. The monoisotopic (exact) mass is 282 g/mol. The molecule has 2 heterocycles. The van der Waals surface area contributed by atoms with Gasteiger partial charge >= 0.3 is 0 Å². The fourth-order valence-corrected chi connectivity index (χ4v) is 3.63. The fourth-order valence-electron chi connectivity index (χ4n) is 2.60. The van der Waals surface area contributed by atoms with E-state index in [0.717, 1.165) is 32.8 Å². The van der Waals surface area contributed by atoms with Crippen LogP contribution in [0, 0.1) is 6.92 Å². The summed E-state index contributed by atoms with van der Waals surface area (Å²) in [4.78, 5) is 5.41. The largest absolute Gasteiger partial charge is 0.381 e. The van der Waals surface area contributed by atoms with Crippen molar-refractivity contribution >= 4 is 11.3 Å². The predicted octanol–water partition coefficient (Wildman–Crippen LogP) is 2.78. The van der Waals surface area contributed by atoms with Crippen LogP contribution in [0.2, 0.25) is 0 Å². The molecule has 0 unspecified atom stereocenters. The molecule has 1 aromatic rings. The molecule has 1 N–H and O–H groups in total. The molecule has 0 aliphatic carbocycles. The van der Waals surface area contributed by atoms with E-state index < -0.39 is 0 Å². The van der Waals surface area contributed by atoms with Crippen molar-refractivity contribution in [3.05, 3.63) is 21.4 Å². The molecule has 1 aromatic heterocycles. The summed E-state index contributed by atoms with van der Waals surface area (Å²) in [6.45, 7) is 9.34. The molecule has 3 nitrogen and oxygen atoms in total. The Morgan fingerprint density at radius 2 is 2.16 bits per heavy atom. The average Bonchev–Trinajstić information content (AvgIpc) is 2.78. The van der Waals surface area contributed by atoms with E-state index >= 15 is 0 Å². The minimum Gasteiger partial charge on any atom is -0.381 e. The van der Waals surface area contributed by atoms with Crippen LogP contribution in [0.4, 0.5) is 0 Å². The van der Waals surface area contributed by atoms with Gasteiger partial charge in [0.2, 0.25) is 0 Å². The first-order valence-electron chi connectivity index (χ1n) is 7.27. The topological polar surface area (TPSA) is 24.5 Å². The third-order valence-electron chi connectivity index (χ3n) is 3.85. The van der Waals surface area contributed by atoms with E-state index in [1.165, 1.54) is 28.2 Å². The summed E-state index contributed by atoms with van der Waals surface area (Å²) < 4.78 is 5.44. The molecule has 1 aliphatic heterocycles. The van der Waals surface area contributed by atoms with E-state index in [9.17, 15) is 0 Å². The van der Waals surface area contributed by atoms with Crippen molar-refractivity contribution in [1.82, 2.24) is 10.2 Å². The van der Waals surface area contributed by atoms with Gasteiger partial charge in [-0.25, -0.2) is 0 Å². The molecule has 0 saturated carbocycles. The predicted molar refractivity (Wildman–Crippen MR) is 81.7 cm³/mol. The molecule has 4 heteroatoms. The molecule has 0 atom stereocenters. The number of aryl methyl sites for hydroxylation is 1. The first kappa shape index (κ1) is 15.0. The molecular weight excluding hydrogens is 256 g/mol. The molecule has 0 spiro atoms. The van der Waals surface area contributed by atoms with E-state index in [-0.39, 0.29) is 0 Å². The summed E-state index contributed by atoms with van der Waals surface area (Å²) in [5.74, 6) is 0. The number of thiophene rings is 1. The molecule has 1 fully saturated rings. The van der Waals surface area contributed by atoms with Gasteiger partial charge in [0.15, 0.2) is 0 Å². The molecule has 1 saturated heterocycles. The van der Waals surface area contributed by atoms with Crippen LogP contribution in [-0.2, 0) is 17.8 Å². The maximum Gasteiger partial charge on any atom is 0.0480 e. The molecule has 0 aromatic carbocycles. The van der Waals surface area contributed by atoms with E-state index in [4.69, 9.17) is 4.74 Å². The van der Waals surface area contributed by atoms with Crippen LogP contribution in [0.5, 0.6) is 0 Å². The Kier molecular flexibility index (Phi) is 5.82. The molecule has 2 rings (SSSR count). The van der Waals surface area contributed by atoms with E-state index in [0.29, 0.717) is 6.04 Å². The summed E-state index contributed by atoms with van der Waals surface area (Å²) in [5.41, 5.74) is 1.49. The molecule has 108 valence electrons. The number of nitrogens with zero attached hydrogens (tertiary/aromatic N) is 1. The Labute approximate surface area is 121 Å². The molecule has 0 bridgehead atoms. The Bertz CT molecular complexity index is 385. The number of hydrogen-bond acceptors (Lipinski definition) is 4. The number of rotatable bonds is 6. The number of ether oxygens (including phenoxy) is 1. The second kappa shape index (κ2) is 7.39. The Balaban J connectivity index is 1.91. The van der Waals surface area contributed by atoms with Gasteiger partial charge in [0.25, 0.3) is 0 Å². The van der Waals surface area contributed by atoms with Crippen LogP contribution in [0.15, 0.2) is 6.07 Å². The van der Waals surface area contributed by atoms with Crippen molar-refractivity contribution in [3.63, 3.8) is 0 Å². The third kappa shape index (κ3) is 4.28. The van der Waals surface area contributed by atoms with Crippen LogP contribution >= 0.6 is 11.3 Å². The smallest absolute Gasteiger partial charge is 0.0480 e. The van der Waals surface area contributed by atoms with Crippen molar-refractivity contribution in [2.45, 2.75) is 45.8 Å². The second-order valence-electron chi connectivity index (χ2n) is 5.33. The fraction of sp³-hybridized carbons (Fsp3) is 0.733. The average molecular weight is 282 g/mol. The Hall–Kier alpha value is -0.420. The highest BCUT2D eigenvalue weighted by Crippen LogP contribution is 2.24.